The van der Waals surface area contributed by atoms with Crippen molar-refractivity contribution >= 4 is 11.9 Å². The maximum Gasteiger partial charge on any atom is 0.248 e. The maximum atomic E-state index is 11.0. The zero-order chi connectivity index (χ0) is 15.1. The van der Waals surface area contributed by atoms with Gasteiger partial charge in [0.1, 0.15) is 0 Å². The molecule has 6 heteroatoms. The molecule has 0 aliphatic carbocycles. The number of carbonyl (C=O) groups excluding carboxylic acids is 1. The molecule has 114 valence electrons. The number of nitrogens with one attached hydrogen (secondary N) is 2. The second kappa shape index (κ2) is 7.64. The van der Waals surface area contributed by atoms with Crippen LogP contribution < -0.4 is 16.4 Å². The van der Waals surface area contributed by atoms with Gasteiger partial charge in [-0.15, -0.1) is 0 Å². The van der Waals surface area contributed by atoms with Gasteiger partial charge in [-0.25, -0.2) is 0 Å². The van der Waals surface area contributed by atoms with Crippen LogP contribution in [0.5, 0.6) is 0 Å². The normalized spacial score (nSPS) is 18.5. The first-order chi connectivity index (χ1) is 10.2. The molecule has 1 aliphatic rings. The van der Waals surface area contributed by atoms with Crippen LogP contribution in [-0.2, 0) is 11.3 Å². The Balaban J connectivity index is 1.78. The molecule has 6 nitrogen and oxygen atoms in total. The van der Waals surface area contributed by atoms with Crippen LogP contribution in [0, 0.1) is 0 Å². The van der Waals surface area contributed by atoms with Crippen molar-refractivity contribution in [1.29, 1.82) is 0 Å². The smallest absolute Gasteiger partial charge is 0.248 e. The van der Waals surface area contributed by atoms with E-state index in [9.17, 15) is 4.79 Å². The second-order valence-electron chi connectivity index (χ2n) is 5.00. The van der Waals surface area contributed by atoms with Crippen LogP contribution in [0.15, 0.2) is 29.3 Å². The standard InChI is InChI=1S/C15H22N4O2/c1-17-15(19-10-13-3-2-8-21-13)18-9-11-4-6-12(7-5-11)14(16)20/h4-7,13H,2-3,8-10H2,1H3,(H2,16,20)(H2,17,18,19). The highest BCUT2D eigenvalue weighted by Crippen LogP contribution is 2.10. The molecule has 0 bridgehead atoms. The van der Waals surface area contributed by atoms with E-state index in [1.807, 2.05) is 12.1 Å². The summed E-state index contributed by atoms with van der Waals surface area (Å²) in [7, 11) is 1.74. The summed E-state index contributed by atoms with van der Waals surface area (Å²) in [4.78, 5) is 15.2. The Labute approximate surface area is 124 Å². The summed E-state index contributed by atoms with van der Waals surface area (Å²) in [6.45, 7) is 2.25. The van der Waals surface area contributed by atoms with Gasteiger partial charge in [0, 0.05) is 32.3 Å². The van der Waals surface area contributed by atoms with Crippen LogP contribution in [0.4, 0.5) is 0 Å². The van der Waals surface area contributed by atoms with E-state index in [-0.39, 0.29) is 6.10 Å². The van der Waals surface area contributed by atoms with Gasteiger partial charge in [0.15, 0.2) is 5.96 Å². The van der Waals surface area contributed by atoms with Crippen molar-refractivity contribution in [2.45, 2.75) is 25.5 Å². The van der Waals surface area contributed by atoms with E-state index in [0.717, 1.165) is 37.5 Å². The van der Waals surface area contributed by atoms with Crippen molar-refractivity contribution in [3.8, 4) is 0 Å². The fourth-order valence-electron chi connectivity index (χ4n) is 2.21. The van der Waals surface area contributed by atoms with Gasteiger partial charge < -0.3 is 21.1 Å². The van der Waals surface area contributed by atoms with Crippen LogP contribution in [0.25, 0.3) is 0 Å². The monoisotopic (exact) mass is 290 g/mol. The number of rotatable bonds is 5. The molecule has 0 aromatic heterocycles. The van der Waals surface area contributed by atoms with E-state index in [4.69, 9.17) is 10.5 Å². The number of aliphatic imine (C=N–C) groups is 1. The molecule has 1 aromatic carbocycles. The molecule has 1 fully saturated rings. The lowest BCUT2D eigenvalue weighted by molar-refractivity contribution is 0.1000. The first kappa shape index (κ1) is 15.3. The minimum atomic E-state index is -0.413. The minimum absolute atomic E-state index is 0.276. The van der Waals surface area contributed by atoms with Gasteiger partial charge in [0.2, 0.25) is 5.91 Å². The van der Waals surface area contributed by atoms with Crippen molar-refractivity contribution in [2.75, 3.05) is 20.2 Å². The lowest BCUT2D eigenvalue weighted by atomic mass is 10.1. The van der Waals surface area contributed by atoms with Crippen molar-refractivity contribution in [2.24, 2.45) is 10.7 Å². The summed E-state index contributed by atoms with van der Waals surface area (Å²) in [5, 5.41) is 6.48. The molecule has 2 rings (SSSR count). The van der Waals surface area contributed by atoms with Crippen LogP contribution in [0.3, 0.4) is 0 Å². The van der Waals surface area contributed by atoms with Gasteiger partial charge in [-0.3, -0.25) is 9.79 Å². The van der Waals surface area contributed by atoms with Crippen LogP contribution in [-0.4, -0.2) is 38.2 Å². The average molecular weight is 290 g/mol. The first-order valence-electron chi connectivity index (χ1n) is 7.14. The number of guanidine groups is 1. The van der Waals surface area contributed by atoms with Gasteiger partial charge in [0.05, 0.1) is 6.10 Å². The van der Waals surface area contributed by atoms with E-state index in [2.05, 4.69) is 15.6 Å². The molecule has 1 heterocycles. The van der Waals surface area contributed by atoms with Gasteiger partial charge in [-0.05, 0) is 30.5 Å². The molecule has 21 heavy (non-hydrogen) atoms. The SMILES string of the molecule is CN=C(NCc1ccc(C(N)=O)cc1)NCC1CCCO1. The van der Waals surface area contributed by atoms with E-state index >= 15 is 0 Å². The Morgan fingerprint density at radius 2 is 2.14 bits per heavy atom. The summed E-state index contributed by atoms with van der Waals surface area (Å²) >= 11 is 0. The first-order valence-corrected chi connectivity index (χ1v) is 7.14. The Hall–Kier alpha value is -2.08. The molecule has 1 saturated heterocycles. The minimum Gasteiger partial charge on any atom is -0.376 e. The van der Waals surface area contributed by atoms with Crippen molar-refractivity contribution in [1.82, 2.24) is 10.6 Å². The average Bonchev–Trinajstić information content (AvgIpc) is 3.01. The Morgan fingerprint density at radius 3 is 2.71 bits per heavy atom. The summed E-state index contributed by atoms with van der Waals surface area (Å²) in [5.74, 6) is 0.327. The molecule has 1 unspecified atom stereocenters. The van der Waals surface area contributed by atoms with Gasteiger partial charge >= 0.3 is 0 Å². The number of amides is 1. The predicted octanol–water partition coefficient (Wildman–Crippen LogP) is 0.629. The van der Waals surface area contributed by atoms with Crippen LogP contribution in [0.1, 0.15) is 28.8 Å². The highest BCUT2D eigenvalue weighted by Gasteiger charge is 2.15. The summed E-state index contributed by atoms with van der Waals surface area (Å²) < 4.78 is 5.56. The van der Waals surface area contributed by atoms with Crippen LogP contribution >= 0.6 is 0 Å². The zero-order valence-electron chi connectivity index (χ0n) is 12.3. The molecule has 1 aliphatic heterocycles. The lowest BCUT2D eigenvalue weighted by Crippen LogP contribution is -2.40. The third kappa shape index (κ3) is 4.75. The highest BCUT2D eigenvalue weighted by atomic mass is 16.5. The molecule has 1 atom stereocenters. The number of hydrogen-bond donors (Lipinski definition) is 3. The molecule has 4 N–H and O–H groups in total. The fraction of sp³-hybridized carbons (Fsp3) is 0.467. The predicted molar refractivity (Wildman–Crippen MR) is 82.1 cm³/mol. The molecule has 1 aromatic rings. The zero-order valence-corrected chi connectivity index (χ0v) is 12.3. The highest BCUT2D eigenvalue weighted by molar-refractivity contribution is 5.92. The Bertz CT molecular complexity index is 493. The Morgan fingerprint density at radius 1 is 1.38 bits per heavy atom. The quantitative estimate of drug-likeness (QED) is 0.548. The number of primary amides is 1. The van der Waals surface area contributed by atoms with Crippen molar-refractivity contribution in [3.05, 3.63) is 35.4 Å². The van der Waals surface area contributed by atoms with E-state index in [1.54, 1.807) is 19.2 Å². The Kier molecular flexibility index (Phi) is 5.57. The van der Waals surface area contributed by atoms with Gasteiger partial charge in [-0.1, -0.05) is 12.1 Å². The van der Waals surface area contributed by atoms with Gasteiger partial charge in [0.25, 0.3) is 0 Å². The fourth-order valence-corrected chi connectivity index (χ4v) is 2.21. The van der Waals surface area contributed by atoms with Crippen LogP contribution in [0.2, 0.25) is 0 Å². The summed E-state index contributed by atoms with van der Waals surface area (Å²) in [5.41, 5.74) is 6.78. The van der Waals surface area contributed by atoms with Gasteiger partial charge in [-0.2, -0.15) is 0 Å². The topological polar surface area (TPSA) is 88.7 Å². The molecular weight excluding hydrogens is 268 g/mol. The molecule has 0 saturated carbocycles. The molecule has 0 spiro atoms. The largest absolute Gasteiger partial charge is 0.376 e. The number of hydrogen-bond acceptors (Lipinski definition) is 3. The lowest BCUT2D eigenvalue weighted by Gasteiger charge is -2.15. The molecular formula is C15H22N4O2. The number of ether oxygens (including phenoxy) is 1. The number of nitrogens with two attached hydrogens (primary N) is 1. The third-order valence-electron chi connectivity index (χ3n) is 3.44. The van der Waals surface area contributed by atoms with E-state index in [1.165, 1.54) is 0 Å². The summed E-state index contributed by atoms with van der Waals surface area (Å²) in [6, 6.07) is 7.20. The summed E-state index contributed by atoms with van der Waals surface area (Å²) in [6.07, 6.45) is 2.50. The van der Waals surface area contributed by atoms with E-state index in [0.29, 0.717) is 12.1 Å². The maximum absolute atomic E-state index is 11.0. The van der Waals surface area contributed by atoms with E-state index < -0.39 is 5.91 Å². The number of benzene rings is 1. The number of carbonyl (C=O) groups is 1. The molecule has 1 amide bonds. The third-order valence-corrected chi connectivity index (χ3v) is 3.44. The van der Waals surface area contributed by atoms with Crippen molar-refractivity contribution in [3.63, 3.8) is 0 Å². The number of nitrogens with zero attached hydrogens (tertiary/aromatic N) is 1. The van der Waals surface area contributed by atoms with Crippen molar-refractivity contribution < 1.29 is 9.53 Å². The second-order valence-corrected chi connectivity index (χ2v) is 5.00. The molecule has 0 radical (unpaired) electrons.